The van der Waals surface area contributed by atoms with E-state index < -0.39 is 0 Å². The van der Waals surface area contributed by atoms with Gasteiger partial charge in [0.15, 0.2) is 11.5 Å². The molecular formula is C22H29FN2O3. The summed E-state index contributed by atoms with van der Waals surface area (Å²) in [5, 5.41) is 2.93. The molecule has 2 aromatic carbocycles. The largest absolute Gasteiger partial charge is 0.490 e. The van der Waals surface area contributed by atoms with Crippen LogP contribution in [0.5, 0.6) is 11.5 Å². The van der Waals surface area contributed by atoms with Gasteiger partial charge in [0.2, 0.25) is 5.91 Å². The lowest BCUT2D eigenvalue weighted by Gasteiger charge is -2.25. The number of amides is 1. The lowest BCUT2D eigenvalue weighted by Crippen LogP contribution is -2.34. The molecule has 1 unspecified atom stereocenters. The second-order valence-electron chi connectivity index (χ2n) is 6.67. The van der Waals surface area contributed by atoms with Gasteiger partial charge in [-0.05, 0) is 57.3 Å². The van der Waals surface area contributed by atoms with Gasteiger partial charge < -0.3 is 19.7 Å². The zero-order valence-electron chi connectivity index (χ0n) is 16.8. The number of hydrogen-bond acceptors (Lipinski definition) is 4. The third-order valence-electron chi connectivity index (χ3n) is 4.30. The first kappa shape index (κ1) is 21.7. The fourth-order valence-corrected chi connectivity index (χ4v) is 2.87. The molecule has 0 aromatic heterocycles. The number of carbonyl (C=O) groups is 1. The van der Waals surface area contributed by atoms with E-state index in [9.17, 15) is 9.18 Å². The van der Waals surface area contributed by atoms with E-state index in [0.29, 0.717) is 44.1 Å². The number of nitrogens with zero attached hydrogens (tertiary/aromatic N) is 1. The highest BCUT2D eigenvalue weighted by Crippen LogP contribution is 2.26. The first-order valence-electron chi connectivity index (χ1n) is 9.54. The Labute approximate surface area is 166 Å². The van der Waals surface area contributed by atoms with E-state index in [0.717, 1.165) is 5.56 Å². The van der Waals surface area contributed by atoms with E-state index in [1.165, 1.54) is 12.1 Å². The Morgan fingerprint density at radius 2 is 1.82 bits per heavy atom. The van der Waals surface area contributed by atoms with Crippen LogP contribution in [0.15, 0.2) is 48.5 Å². The van der Waals surface area contributed by atoms with Gasteiger partial charge in [-0.3, -0.25) is 4.79 Å². The normalized spacial score (nSPS) is 11.9. The van der Waals surface area contributed by atoms with Crippen LogP contribution >= 0.6 is 0 Å². The van der Waals surface area contributed by atoms with Crippen LogP contribution in [0.25, 0.3) is 0 Å². The average Bonchev–Trinajstić information content (AvgIpc) is 2.66. The minimum absolute atomic E-state index is 0.0510. The van der Waals surface area contributed by atoms with Gasteiger partial charge in [0.25, 0.3) is 0 Å². The van der Waals surface area contributed by atoms with Gasteiger partial charge in [-0.2, -0.15) is 0 Å². The van der Waals surface area contributed by atoms with Crippen LogP contribution in [0.3, 0.4) is 0 Å². The van der Waals surface area contributed by atoms with Crippen molar-refractivity contribution >= 4 is 5.91 Å². The highest BCUT2D eigenvalue weighted by Gasteiger charge is 2.16. The van der Waals surface area contributed by atoms with Crippen LogP contribution < -0.4 is 14.8 Å². The molecule has 1 amide bonds. The topological polar surface area (TPSA) is 50.8 Å². The minimum atomic E-state index is -0.278. The summed E-state index contributed by atoms with van der Waals surface area (Å²) in [6.45, 7) is 3.34. The van der Waals surface area contributed by atoms with Gasteiger partial charge in [0.1, 0.15) is 5.82 Å². The summed E-state index contributed by atoms with van der Waals surface area (Å²) < 4.78 is 24.7. The number of likely N-dealkylation sites (N-methyl/N-ethyl adjacent to an activating group) is 1. The summed E-state index contributed by atoms with van der Waals surface area (Å²) >= 11 is 0. The third-order valence-corrected chi connectivity index (χ3v) is 4.30. The molecule has 0 aliphatic carbocycles. The molecule has 2 aromatic rings. The summed E-state index contributed by atoms with van der Waals surface area (Å²) in [4.78, 5) is 14.1. The standard InChI is InChI=1S/C22H29FN2O3/c1-4-27-20-11-5-6-12-21(20)28-14-8-13-22(26)24-16-19(25(2)3)17-9-7-10-18(23)15-17/h5-7,9-12,15,19H,4,8,13-14,16H2,1-3H3,(H,24,26). The second-order valence-corrected chi connectivity index (χ2v) is 6.67. The Morgan fingerprint density at radius 3 is 2.46 bits per heavy atom. The Balaban J connectivity index is 1.76. The number of rotatable bonds is 11. The van der Waals surface area contributed by atoms with E-state index >= 15 is 0 Å². The number of halogens is 1. The Morgan fingerprint density at radius 1 is 1.11 bits per heavy atom. The molecule has 28 heavy (non-hydrogen) atoms. The monoisotopic (exact) mass is 388 g/mol. The van der Waals surface area contributed by atoms with Gasteiger partial charge in [-0.25, -0.2) is 4.39 Å². The zero-order chi connectivity index (χ0) is 20.4. The summed E-state index contributed by atoms with van der Waals surface area (Å²) in [5.74, 6) is 1.06. The Kier molecular flexibility index (Phi) is 8.75. The van der Waals surface area contributed by atoms with Crippen LogP contribution in [0.2, 0.25) is 0 Å². The fraction of sp³-hybridized carbons (Fsp3) is 0.409. The van der Waals surface area contributed by atoms with Crippen molar-refractivity contribution in [2.24, 2.45) is 0 Å². The van der Waals surface area contributed by atoms with Crippen molar-refractivity contribution in [3.8, 4) is 11.5 Å². The molecule has 0 aliphatic heterocycles. The maximum atomic E-state index is 13.5. The predicted molar refractivity (Wildman–Crippen MR) is 108 cm³/mol. The molecule has 1 atom stereocenters. The lowest BCUT2D eigenvalue weighted by atomic mass is 10.1. The van der Waals surface area contributed by atoms with E-state index in [1.54, 1.807) is 6.07 Å². The van der Waals surface area contributed by atoms with Crippen molar-refractivity contribution in [1.82, 2.24) is 10.2 Å². The molecule has 0 saturated carbocycles. The Hall–Kier alpha value is -2.60. The minimum Gasteiger partial charge on any atom is -0.490 e. The third kappa shape index (κ3) is 6.85. The highest BCUT2D eigenvalue weighted by atomic mass is 19.1. The molecule has 0 fully saturated rings. The van der Waals surface area contributed by atoms with E-state index in [-0.39, 0.29) is 17.8 Å². The maximum absolute atomic E-state index is 13.5. The van der Waals surface area contributed by atoms with Crippen molar-refractivity contribution in [3.63, 3.8) is 0 Å². The molecule has 152 valence electrons. The van der Waals surface area contributed by atoms with Crippen LogP contribution in [0.1, 0.15) is 31.4 Å². The van der Waals surface area contributed by atoms with Crippen molar-refractivity contribution in [2.75, 3.05) is 33.9 Å². The maximum Gasteiger partial charge on any atom is 0.220 e. The van der Waals surface area contributed by atoms with Crippen molar-refractivity contribution < 1.29 is 18.7 Å². The molecule has 5 nitrogen and oxygen atoms in total. The molecule has 0 aliphatic rings. The molecule has 0 radical (unpaired) electrons. The number of nitrogens with one attached hydrogen (secondary N) is 1. The Bertz CT molecular complexity index is 752. The van der Waals surface area contributed by atoms with Crippen LogP contribution in [0.4, 0.5) is 4.39 Å². The number of carbonyl (C=O) groups excluding carboxylic acids is 1. The first-order valence-corrected chi connectivity index (χ1v) is 9.54. The summed E-state index contributed by atoms with van der Waals surface area (Å²) in [6, 6.07) is 13.9. The number of hydrogen-bond donors (Lipinski definition) is 1. The molecule has 0 saturated heterocycles. The van der Waals surface area contributed by atoms with Crippen LogP contribution in [0, 0.1) is 5.82 Å². The second kappa shape index (κ2) is 11.3. The van der Waals surface area contributed by atoms with Crippen LogP contribution in [-0.4, -0.2) is 44.7 Å². The van der Waals surface area contributed by atoms with Gasteiger partial charge >= 0.3 is 0 Å². The molecule has 2 rings (SSSR count). The number of para-hydroxylation sites is 2. The predicted octanol–water partition coefficient (Wildman–Crippen LogP) is 3.80. The van der Waals surface area contributed by atoms with Crippen LogP contribution in [-0.2, 0) is 4.79 Å². The van der Waals surface area contributed by atoms with Crippen molar-refractivity contribution in [1.29, 1.82) is 0 Å². The SMILES string of the molecule is CCOc1ccccc1OCCCC(=O)NCC(c1cccc(F)c1)N(C)C. The molecule has 0 bridgehead atoms. The van der Waals surface area contributed by atoms with Crippen molar-refractivity contribution in [2.45, 2.75) is 25.8 Å². The molecule has 0 spiro atoms. The lowest BCUT2D eigenvalue weighted by molar-refractivity contribution is -0.121. The molecule has 1 N–H and O–H groups in total. The zero-order valence-corrected chi connectivity index (χ0v) is 16.8. The van der Waals surface area contributed by atoms with Crippen molar-refractivity contribution in [3.05, 3.63) is 59.9 Å². The number of ether oxygens (including phenoxy) is 2. The van der Waals surface area contributed by atoms with E-state index in [2.05, 4.69) is 5.32 Å². The number of benzene rings is 2. The first-order chi connectivity index (χ1) is 13.5. The smallest absolute Gasteiger partial charge is 0.220 e. The van der Waals surface area contributed by atoms with Gasteiger partial charge in [-0.1, -0.05) is 24.3 Å². The van der Waals surface area contributed by atoms with Gasteiger partial charge in [-0.15, -0.1) is 0 Å². The quantitative estimate of drug-likeness (QED) is 0.595. The summed E-state index contributed by atoms with van der Waals surface area (Å²) in [6.07, 6.45) is 0.957. The molecular weight excluding hydrogens is 359 g/mol. The molecule has 6 heteroatoms. The highest BCUT2D eigenvalue weighted by molar-refractivity contribution is 5.75. The van der Waals surface area contributed by atoms with Gasteiger partial charge in [0.05, 0.1) is 19.3 Å². The van der Waals surface area contributed by atoms with E-state index in [4.69, 9.17) is 9.47 Å². The molecule has 0 heterocycles. The average molecular weight is 388 g/mol. The summed E-state index contributed by atoms with van der Waals surface area (Å²) in [5.41, 5.74) is 0.834. The van der Waals surface area contributed by atoms with Gasteiger partial charge in [0, 0.05) is 13.0 Å². The van der Waals surface area contributed by atoms with E-state index in [1.807, 2.05) is 56.3 Å². The fourth-order valence-electron chi connectivity index (χ4n) is 2.87. The summed E-state index contributed by atoms with van der Waals surface area (Å²) in [7, 11) is 3.82.